The summed E-state index contributed by atoms with van der Waals surface area (Å²) in [5, 5.41) is 4.70. The number of piperidine rings is 1. The maximum absolute atomic E-state index is 13.4. The van der Waals surface area contributed by atoms with Gasteiger partial charge in [0.2, 0.25) is 0 Å². The second kappa shape index (κ2) is 8.67. The molecule has 170 valence electrons. The van der Waals surface area contributed by atoms with Gasteiger partial charge in [-0.3, -0.25) is 4.79 Å². The van der Waals surface area contributed by atoms with Gasteiger partial charge in [-0.15, -0.1) is 0 Å². The normalized spacial score (nSPS) is 14.8. The third-order valence-electron chi connectivity index (χ3n) is 6.80. The van der Waals surface area contributed by atoms with Crippen LogP contribution >= 0.6 is 11.6 Å². The van der Waals surface area contributed by atoms with E-state index in [9.17, 15) is 4.79 Å². The van der Waals surface area contributed by atoms with E-state index in [4.69, 9.17) is 16.1 Å². The monoisotopic (exact) mass is 462 g/mol. The third kappa shape index (κ3) is 4.04. The summed E-state index contributed by atoms with van der Waals surface area (Å²) in [5.41, 5.74) is 6.50. The van der Waals surface area contributed by atoms with Gasteiger partial charge in [0.25, 0.3) is 5.91 Å². The van der Waals surface area contributed by atoms with Gasteiger partial charge in [-0.25, -0.2) is 4.98 Å². The zero-order valence-corrected chi connectivity index (χ0v) is 19.9. The summed E-state index contributed by atoms with van der Waals surface area (Å²) in [6, 6.07) is 11.8. The summed E-state index contributed by atoms with van der Waals surface area (Å²) in [5.74, 6) is 0.980. The van der Waals surface area contributed by atoms with Gasteiger partial charge in [-0.05, 0) is 68.9 Å². The van der Waals surface area contributed by atoms with Crippen LogP contribution in [0.2, 0.25) is 5.02 Å². The van der Waals surface area contributed by atoms with Crippen LogP contribution in [-0.4, -0.2) is 38.6 Å². The molecule has 0 spiro atoms. The van der Waals surface area contributed by atoms with Crippen LogP contribution in [-0.2, 0) is 6.54 Å². The number of hydrogen-bond acceptors (Lipinski definition) is 4. The van der Waals surface area contributed by atoms with Crippen LogP contribution in [0.5, 0.6) is 0 Å². The molecular formula is C26H27ClN4O2. The molecule has 5 rings (SSSR count). The van der Waals surface area contributed by atoms with E-state index in [0.717, 1.165) is 24.9 Å². The molecule has 0 aliphatic carbocycles. The molecular weight excluding hydrogens is 436 g/mol. The summed E-state index contributed by atoms with van der Waals surface area (Å²) in [4.78, 5) is 19.9. The van der Waals surface area contributed by atoms with Crippen molar-refractivity contribution in [2.75, 3.05) is 13.1 Å². The molecule has 4 aromatic rings. The van der Waals surface area contributed by atoms with Gasteiger partial charge in [0.1, 0.15) is 17.0 Å². The van der Waals surface area contributed by atoms with Crippen molar-refractivity contribution < 1.29 is 9.32 Å². The first kappa shape index (κ1) is 21.7. The average molecular weight is 463 g/mol. The Kier molecular flexibility index (Phi) is 5.71. The molecule has 0 saturated carbocycles. The number of benzene rings is 2. The Morgan fingerprint density at radius 1 is 1.12 bits per heavy atom. The molecule has 1 aliphatic rings. The Morgan fingerprint density at radius 2 is 1.85 bits per heavy atom. The summed E-state index contributed by atoms with van der Waals surface area (Å²) < 4.78 is 7.65. The quantitative estimate of drug-likeness (QED) is 0.383. The lowest BCUT2D eigenvalue weighted by Crippen LogP contribution is -2.39. The van der Waals surface area contributed by atoms with E-state index in [0.29, 0.717) is 46.6 Å². The number of hydrogen-bond donors (Lipinski definition) is 0. The fraction of sp³-hybridized carbons (Fsp3) is 0.346. The van der Waals surface area contributed by atoms with Gasteiger partial charge >= 0.3 is 0 Å². The second-order valence-corrected chi connectivity index (χ2v) is 9.41. The molecule has 33 heavy (non-hydrogen) atoms. The van der Waals surface area contributed by atoms with E-state index in [1.807, 2.05) is 29.4 Å². The van der Waals surface area contributed by atoms with Crippen LogP contribution in [0.1, 0.15) is 40.1 Å². The summed E-state index contributed by atoms with van der Waals surface area (Å²) in [6.07, 6.45) is 3.83. The van der Waals surface area contributed by atoms with Crippen molar-refractivity contribution in [2.45, 2.75) is 40.2 Å². The number of fused-ring (bicyclic) bond motifs is 1. The molecule has 1 saturated heterocycles. The Bertz CT molecular complexity index is 1330. The zero-order valence-electron chi connectivity index (χ0n) is 19.1. The first-order valence-electron chi connectivity index (χ1n) is 11.3. The Balaban J connectivity index is 1.30. The molecule has 2 aromatic carbocycles. The molecule has 3 heterocycles. The minimum Gasteiger partial charge on any atom is -0.360 e. The predicted molar refractivity (Wildman–Crippen MR) is 130 cm³/mol. The molecule has 2 aromatic heterocycles. The Morgan fingerprint density at radius 3 is 2.61 bits per heavy atom. The molecule has 1 amide bonds. The number of aryl methyl sites for hydroxylation is 3. The number of rotatable bonds is 4. The molecule has 1 fully saturated rings. The van der Waals surface area contributed by atoms with Crippen LogP contribution in [0.25, 0.3) is 22.3 Å². The van der Waals surface area contributed by atoms with E-state index in [1.165, 1.54) is 16.6 Å². The highest BCUT2D eigenvalue weighted by molar-refractivity contribution is 6.33. The van der Waals surface area contributed by atoms with Gasteiger partial charge < -0.3 is 14.0 Å². The second-order valence-electron chi connectivity index (χ2n) is 9.00. The first-order valence-corrected chi connectivity index (χ1v) is 11.7. The highest BCUT2D eigenvalue weighted by Crippen LogP contribution is 2.33. The molecule has 0 bridgehead atoms. The highest BCUT2D eigenvalue weighted by atomic mass is 35.5. The lowest BCUT2D eigenvalue weighted by atomic mass is 9.95. The van der Waals surface area contributed by atoms with Crippen LogP contribution in [0.4, 0.5) is 0 Å². The molecule has 0 N–H and O–H groups in total. The van der Waals surface area contributed by atoms with Crippen molar-refractivity contribution >= 4 is 28.5 Å². The van der Waals surface area contributed by atoms with Gasteiger partial charge in [-0.2, -0.15) is 0 Å². The van der Waals surface area contributed by atoms with Crippen molar-refractivity contribution in [1.82, 2.24) is 19.6 Å². The molecule has 1 aliphatic heterocycles. The molecule has 0 radical (unpaired) electrons. The first-order chi connectivity index (χ1) is 15.9. The number of nitrogens with zero attached hydrogens (tertiary/aromatic N) is 4. The van der Waals surface area contributed by atoms with Crippen molar-refractivity contribution in [2.24, 2.45) is 5.92 Å². The average Bonchev–Trinajstić information content (AvgIpc) is 3.37. The largest absolute Gasteiger partial charge is 0.360 e. The number of likely N-dealkylation sites (tertiary alicyclic amines) is 1. The smallest absolute Gasteiger partial charge is 0.259 e. The topological polar surface area (TPSA) is 64.2 Å². The van der Waals surface area contributed by atoms with Gasteiger partial charge in [0.15, 0.2) is 0 Å². The number of amides is 1. The molecule has 0 unspecified atom stereocenters. The van der Waals surface area contributed by atoms with Crippen molar-refractivity contribution in [3.63, 3.8) is 0 Å². The Labute approximate surface area is 198 Å². The number of halogens is 1. The maximum atomic E-state index is 13.4. The molecule has 6 nitrogen and oxygen atoms in total. The van der Waals surface area contributed by atoms with Crippen molar-refractivity contribution in [1.29, 1.82) is 0 Å². The van der Waals surface area contributed by atoms with Gasteiger partial charge in [0.05, 0.1) is 22.4 Å². The van der Waals surface area contributed by atoms with E-state index < -0.39 is 0 Å². The minimum absolute atomic E-state index is 0.0405. The fourth-order valence-electron chi connectivity index (χ4n) is 4.67. The standard InChI is InChI=1S/C26H27ClN4O2/c1-16-12-22-23(13-17(16)2)31(15-28-22)14-19-8-10-30(11-9-19)26(32)24-18(3)33-29-25(24)20-6-4-5-7-21(20)27/h4-7,12-13,15,19H,8-11,14H2,1-3H3. The lowest BCUT2D eigenvalue weighted by Gasteiger charge is -2.32. The number of imidazole rings is 1. The van der Waals surface area contributed by atoms with E-state index in [2.05, 4.69) is 40.7 Å². The zero-order chi connectivity index (χ0) is 23.1. The molecule has 7 heteroatoms. The fourth-order valence-corrected chi connectivity index (χ4v) is 4.90. The van der Waals surface area contributed by atoms with Crippen LogP contribution in [0.3, 0.4) is 0 Å². The highest BCUT2D eigenvalue weighted by Gasteiger charge is 2.30. The Hall–Kier alpha value is -3.12. The number of carbonyl (C=O) groups is 1. The number of carbonyl (C=O) groups excluding carboxylic acids is 1. The van der Waals surface area contributed by atoms with Crippen LogP contribution in [0.15, 0.2) is 47.2 Å². The summed E-state index contributed by atoms with van der Waals surface area (Å²) in [7, 11) is 0. The molecule has 0 atom stereocenters. The predicted octanol–water partition coefficient (Wildman–Crippen LogP) is 5.82. The van der Waals surface area contributed by atoms with E-state index in [-0.39, 0.29) is 5.91 Å². The van der Waals surface area contributed by atoms with Gasteiger partial charge in [-0.1, -0.05) is 35.0 Å². The van der Waals surface area contributed by atoms with Crippen molar-refractivity contribution in [3.8, 4) is 11.3 Å². The van der Waals surface area contributed by atoms with Crippen molar-refractivity contribution in [3.05, 3.63) is 70.2 Å². The van der Waals surface area contributed by atoms with E-state index in [1.54, 1.807) is 13.0 Å². The summed E-state index contributed by atoms with van der Waals surface area (Å²) >= 11 is 6.36. The van der Waals surface area contributed by atoms with Crippen LogP contribution < -0.4 is 0 Å². The SMILES string of the molecule is Cc1cc2ncn(CC3CCN(C(=O)c4c(-c5ccccc5Cl)noc4C)CC3)c2cc1C. The summed E-state index contributed by atoms with van der Waals surface area (Å²) in [6.45, 7) is 8.37. The minimum atomic E-state index is -0.0405. The van der Waals surface area contributed by atoms with Gasteiger partial charge in [0, 0.05) is 25.2 Å². The number of aromatic nitrogens is 3. The third-order valence-corrected chi connectivity index (χ3v) is 7.13. The van der Waals surface area contributed by atoms with E-state index >= 15 is 0 Å². The lowest BCUT2D eigenvalue weighted by molar-refractivity contribution is 0.0682. The van der Waals surface area contributed by atoms with Crippen LogP contribution in [0, 0.1) is 26.7 Å². The maximum Gasteiger partial charge on any atom is 0.259 e.